The van der Waals surface area contributed by atoms with Gasteiger partial charge in [0, 0.05) is 38.6 Å². The van der Waals surface area contributed by atoms with Crippen molar-refractivity contribution in [1.29, 1.82) is 0 Å². The van der Waals surface area contributed by atoms with Crippen molar-refractivity contribution in [2.75, 3.05) is 37.0 Å². The first kappa shape index (κ1) is 23.5. The monoisotopic (exact) mass is 402 g/mol. The van der Waals surface area contributed by atoms with E-state index in [1.54, 1.807) is 0 Å². The van der Waals surface area contributed by atoms with E-state index in [9.17, 15) is 0 Å². The van der Waals surface area contributed by atoms with Gasteiger partial charge in [-0.15, -0.1) is 0 Å². The van der Waals surface area contributed by atoms with Crippen molar-refractivity contribution in [3.63, 3.8) is 0 Å². The van der Waals surface area contributed by atoms with Crippen LogP contribution in [0.25, 0.3) is 12.2 Å². The molecule has 0 bridgehead atoms. The fourth-order valence-corrected chi connectivity index (χ4v) is 3.21. The first-order chi connectivity index (χ1) is 14.6. The average Bonchev–Trinajstić information content (AvgIpc) is 2.77. The van der Waals surface area contributed by atoms with Crippen molar-refractivity contribution in [3.8, 4) is 0 Å². The number of hydrogen-bond acceptors (Lipinski definition) is 2. The molecule has 2 aromatic carbocycles. The molecule has 2 nitrogen and oxygen atoms in total. The van der Waals surface area contributed by atoms with Gasteiger partial charge in [0.05, 0.1) is 0 Å². The first-order valence-electron chi connectivity index (χ1n) is 11.3. The van der Waals surface area contributed by atoms with Gasteiger partial charge < -0.3 is 9.80 Å². The number of anilines is 2. The molecule has 0 spiro atoms. The lowest BCUT2D eigenvalue weighted by atomic mass is 10.1. The van der Waals surface area contributed by atoms with E-state index in [1.807, 2.05) is 0 Å². The van der Waals surface area contributed by atoms with Crippen LogP contribution in [0.3, 0.4) is 0 Å². The number of allylic oxidation sites excluding steroid dienone is 4. The van der Waals surface area contributed by atoms with E-state index in [0.29, 0.717) is 0 Å². The highest BCUT2D eigenvalue weighted by molar-refractivity contribution is 5.58. The molecule has 0 fully saturated rings. The molecule has 0 N–H and O–H groups in total. The Morgan fingerprint density at radius 3 is 1.43 bits per heavy atom. The molecule has 0 atom stereocenters. The summed E-state index contributed by atoms with van der Waals surface area (Å²) in [6, 6.07) is 17.5. The van der Waals surface area contributed by atoms with Crippen molar-refractivity contribution in [2.45, 2.75) is 39.5 Å². The largest absolute Gasteiger partial charge is 0.378 e. The Hall–Kier alpha value is -2.74. The second-order valence-corrected chi connectivity index (χ2v) is 7.87. The third-order valence-electron chi connectivity index (χ3n) is 5.14. The number of nitrogens with zero attached hydrogens (tertiary/aromatic N) is 2. The molecule has 0 unspecified atom stereocenters. The first-order valence-corrected chi connectivity index (χ1v) is 11.3. The van der Waals surface area contributed by atoms with Gasteiger partial charge >= 0.3 is 0 Å². The summed E-state index contributed by atoms with van der Waals surface area (Å²) >= 11 is 0. The second kappa shape index (κ2) is 13.5. The average molecular weight is 403 g/mol. The third kappa shape index (κ3) is 8.32. The Labute approximate surface area is 184 Å². The Morgan fingerprint density at radius 1 is 0.600 bits per heavy atom. The molecule has 0 amide bonds. The summed E-state index contributed by atoms with van der Waals surface area (Å²) in [4.78, 5) is 4.63. The summed E-state index contributed by atoms with van der Waals surface area (Å²) in [6.45, 7) is 6.82. The van der Waals surface area contributed by atoms with Crippen LogP contribution in [0.5, 0.6) is 0 Å². The molecule has 0 radical (unpaired) electrons. The van der Waals surface area contributed by atoms with E-state index in [0.717, 1.165) is 13.1 Å². The van der Waals surface area contributed by atoms with Crippen molar-refractivity contribution < 1.29 is 0 Å². The number of benzene rings is 2. The zero-order valence-corrected chi connectivity index (χ0v) is 19.2. The summed E-state index contributed by atoms with van der Waals surface area (Å²) in [5.41, 5.74) is 5.00. The highest BCUT2D eigenvalue weighted by atomic mass is 15.1. The zero-order chi connectivity index (χ0) is 21.6. The Kier molecular flexibility index (Phi) is 10.6. The molecule has 2 aromatic rings. The number of rotatable bonds is 12. The van der Waals surface area contributed by atoms with Crippen molar-refractivity contribution in [1.82, 2.24) is 0 Å². The normalized spacial score (nSPS) is 11.7. The maximum absolute atomic E-state index is 2.52. The fraction of sp³-hybridized carbons (Fsp3) is 0.357. The van der Waals surface area contributed by atoms with Crippen LogP contribution in [0.4, 0.5) is 11.4 Å². The molecular formula is C28H38N2. The lowest BCUT2D eigenvalue weighted by Crippen LogP contribution is -2.25. The van der Waals surface area contributed by atoms with Crippen LogP contribution in [0.1, 0.15) is 50.7 Å². The lowest BCUT2D eigenvalue weighted by Gasteiger charge is -2.24. The van der Waals surface area contributed by atoms with Crippen LogP contribution in [0, 0.1) is 0 Å². The van der Waals surface area contributed by atoms with Crippen molar-refractivity contribution in [3.05, 3.63) is 84.0 Å². The zero-order valence-electron chi connectivity index (χ0n) is 19.2. The van der Waals surface area contributed by atoms with E-state index < -0.39 is 0 Å². The number of hydrogen-bond donors (Lipinski definition) is 0. The predicted molar refractivity (Wildman–Crippen MR) is 136 cm³/mol. The molecule has 0 aliphatic heterocycles. The molecule has 0 saturated carbocycles. The molecule has 0 aliphatic rings. The molecular weight excluding hydrogens is 364 g/mol. The molecule has 0 saturated heterocycles. The van der Waals surface area contributed by atoms with E-state index in [2.05, 4.69) is 123 Å². The molecule has 2 rings (SSSR count). The van der Waals surface area contributed by atoms with Crippen LogP contribution in [-0.4, -0.2) is 27.2 Å². The van der Waals surface area contributed by atoms with Crippen LogP contribution < -0.4 is 9.80 Å². The molecule has 2 heteroatoms. The predicted octanol–water partition coefficient (Wildman–Crippen LogP) is 7.44. The van der Waals surface area contributed by atoms with Gasteiger partial charge in [-0.3, -0.25) is 0 Å². The maximum Gasteiger partial charge on any atom is 0.0366 e. The van der Waals surface area contributed by atoms with Crippen molar-refractivity contribution >= 4 is 23.5 Å². The highest BCUT2D eigenvalue weighted by Crippen LogP contribution is 2.18. The standard InChI is InChI=1S/C28H38N2/c1-5-7-23-30(24-8-6-2)28-21-17-26(18-22-28)14-12-10-9-11-13-25-15-19-27(20-16-25)29(3)4/h9-22H,5-8,23-24H2,1-4H3/b10-9+,13-11+,14-12+. The Balaban J connectivity index is 1.87. The Morgan fingerprint density at radius 2 is 1.03 bits per heavy atom. The second-order valence-electron chi connectivity index (χ2n) is 7.87. The van der Waals surface area contributed by atoms with Gasteiger partial charge in [0.25, 0.3) is 0 Å². The quantitative estimate of drug-likeness (QED) is 0.340. The molecule has 160 valence electrons. The van der Waals surface area contributed by atoms with Gasteiger partial charge in [0.15, 0.2) is 0 Å². The van der Waals surface area contributed by atoms with E-state index in [4.69, 9.17) is 0 Å². The van der Waals surface area contributed by atoms with Gasteiger partial charge in [-0.1, -0.05) is 87.4 Å². The van der Waals surface area contributed by atoms with E-state index >= 15 is 0 Å². The summed E-state index contributed by atoms with van der Waals surface area (Å²) in [5, 5.41) is 0. The fourth-order valence-electron chi connectivity index (χ4n) is 3.21. The van der Waals surface area contributed by atoms with Gasteiger partial charge in [-0.25, -0.2) is 0 Å². The van der Waals surface area contributed by atoms with Crippen LogP contribution in [-0.2, 0) is 0 Å². The SMILES string of the molecule is CCCCN(CCCC)c1ccc(/C=C/C=C/C=C/c2ccc(N(C)C)cc2)cc1. The summed E-state index contributed by atoms with van der Waals surface area (Å²) in [5.74, 6) is 0. The minimum absolute atomic E-state index is 1.15. The summed E-state index contributed by atoms with van der Waals surface area (Å²) < 4.78 is 0. The topological polar surface area (TPSA) is 6.48 Å². The van der Waals surface area contributed by atoms with Gasteiger partial charge in [0.2, 0.25) is 0 Å². The van der Waals surface area contributed by atoms with Gasteiger partial charge in [0.1, 0.15) is 0 Å². The van der Waals surface area contributed by atoms with Crippen LogP contribution in [0.15, 0.2) is 72.8 Å². The third-order valence-corrected chi connectivity index (χ3v) is 5.14. The molecule has 30 heavy (non-hydrogen) atoms. The minimum atomic E-state index is 1.15. The van der Waals surface area contributed by atoms with Gasteiger partial charge in [-0.05, 0) is 48.2 Å². The maximum atomic E-state index is 2.52. The van der Waals surface area contributed by atoms with E-state index in [-0.39, 0.29) is 0 Å². The molecule has 0 heterocycles. The highest BCUT2D eigenvalue weighted by Gasteiger charge is 2.04. The Bertz CT molecular complexity index is 788. The summed E-state index contributed by atoms with van der Waals surface area (Å²) in [7, 11) is 4.12. The van der Waals surface area contributed by atoms with Crippen LogP contribution in [0.2, 0.25) is 0 Å². The molecule has 0 aliphatic carbocycles. The number of unbranched alkanes of at least 4 members (excludes halogenated alkanes) is 2. The van der Waals surface area contributed by atoms with Crippen molar-refractivity contribution in [2.24, 2.45) is 0 Å². The van der Waals surface area contributed by atoms with Gasteiger partial charge in [-0.2, -0.15) is 0 Å². The van der Waals surface area contributed by atoms with Crippen LogP contribution >= 0.6 is 0 Å². The lowest BCUT2D eigenvalue weighted by molar-refractivity contribution is 0.678. The minimum Gasteiger partial charge on any atom is -0.378 e. The molecule has 0 aromatic heterocycles. The smallest absolute Gasteiger partial charge is 0.0366 e. The summed E-state index contributed by atoms with van der Waals surface area (Å²) in [6.07, 6.45) is 17.6. The van der Waals surface area contributed by atoms with E-state index in [1.165, 1.54) is 48.2 Å².